The average molecular weight is 455 g/mol. The molecule has 0 fully saturated rings. The number of hydrogen-bond donors (Lipinski definition) is 1. The molecule has 1 N–H and O–H groups in total. The molecule has 0 radical (unpaired) electrons. The summed E-state index contributed by atoms with van der Waals surface area (Å²) < 4.78 is 7.11. The molecule has 0 saturated carbocycles. The molecule has 0 saturated heterocycles. The van der Waals surface area contributed by atoms with Gasteiger partial charge in [-0.2, -0.15) is 5.10 Å². The minimum absolute atomic E-state index is 0.0366. The van der Waals surface area contributed by atoms with E-state index in [2.05, 4.69) is 20.7 Å². The molecule has 32 heavy (non-hydrogen) atoms. The van der Waals surface area contributed by atoms with Crippen LogP contribution >= 0.6 is 11.8 Å². The maximum Gasteiger partial charge on any atom is 0.270 e. The van der Waals surface area contributed by atoms with Crippen LogP contribution in [0.15, 0.2) is 58.8 Å². The maximum atomic E-state index is 12.3. The third kappa shape index (κ3) is 5.49. The number of hydrogen-bond acceptors (Lipinski definition) is 8. The molecule has 166 valence electrons. The van der Waals surface area contributed by atoms with Crippen LogP contribution in [0.3, 0.4) is 0 Å². The highest BCUT2D eigenvalue weighted by Crippen LogP contribution is 2.25. The topological polar surface area (TPSA) is 125 Å². The van der Waals surface area contributed by atoms with Gasteiger partial charge in [0.15, 0.2) is 11.0 Å². The van der Waals surface area contributed by atoms with Gasteiger partial charge in [0.05, 0.1) is 23.5 Å². The Morgan fingerprint density at radius 1 is 1.25 bits per heavy atom. The summed E-state index contributed by atoms with van der Waals surface area (Å²) in [5.41, 5.74) is 4.36. The number of carbonyl (C=O) groups excluding carboxylic acids is 1. The first-order valence-corrected chi connectivity index (χ1v) is 10.7. The van der Waals surface area contributed by atoms with Crippen molar-refractivity contribution < 1.29 is 14.5 Å². The fraction of sp³-hybridized carbons (Fsp3) is 0.238. The lowest BCUT2D eigenvalue weighted by Gasteiger charge is -2.08. The number of rotatable bonds is 9. The van der Waals surface area contributed by atoms with Crippen LogP contribution in [0.25, 0.3) is 11.4 Å². The van der Waals surface area contributed by atoms with Crippen LogP contribution in [0, 0.1) is 10.1 Å². The predicted octanol–water partition coefficient (Wildman–Crippen LogP) is 3.51. The number of amides is 1. The van der Waals surface area contributed by atoms with Crippen LogP contribution in [0.5, 0.6) is 5.75 Å². The Bertz CT molecular complexity index is 1140. The summed E-state index contributed by atoms with van der Waals surface area (Å²) in [5.74, 6) is 1.23. The second kappa shape index (κ2) is 10.5. The Balaban J connectivity index is 1.63. The van der Waals surface area contributed by atoms with Crippen LogP contribution in [0.4, 0.5) is 5.69 Å². The molecule has 3 rings (SSSR count). The van der Waals surface area contributed by atoms with Gasteiger partial charge < -0.3 is 9.30 Å². The van der Waals surface area contributed by atoms with Crippen molar-refractivity contribution in [2.24, 2.45) is 5.10 Å². The number of methoxy groups -OCH3 is 1. The van der Waals surface area contributed by atoms with E-state index in [1.54, 1.807) is 26.2 Å². The molecule has 0 aliphatic carbocycles. The van der Waals surface area contributed by atoms with E-state index in [0.29, 0.717) is 28.8 Å². The number of hydrazone groups is 1. The van der Waals surface area contributed by atoms with Crippen molar-refractivity contribution in [2.75, 3.05) is 12.9 Å². The summed E-state index contributed by atoms with van der Waals surface area (Å²) in [6.45, 7) is 4.29. The van der Waals surface area contributed by atoms with Gasteiger partial charge in [0.2, 0.25) is 0 Å². The summed E-state index contributed by atoms with van der Waals surface area (Å²) in [5, 5.41) is 24.0. The fourth-order valence-electron chi connectivity index (χ4n) is 2.85. The van der Waals surface area contributed by atoms with E-state index in [4.69, 9.17) is 4.74 Å². The third-order valence-corrected chi connectivity index (χ3v) is 5.50. The third-order valence-electron chi connectivity index (χ3n) is 4.54. The fourth-order valence-corrected chi connectivity index (χ4v) is 3.65. The summed E-state index contributed by atoms with van der Waals surface area (Å²) in [6.07, 6.45) is 0. The van der Waals surface area contributed by atoms with E-state index in [1.165, 1.54) is 23.9 Å². The SMILES string of the molecule is CCn1c(SCC(=O)N/N=C(/C)c2cccc([N+](=O)[O-])c2)nnc1-c1ccc(OC)cc1. The summed E-state index contributed by atoms with van der Waals surface area (Å²) in [6, 6.07) is 13.6. The van der Waals surface area contributed by atoms with Crippen molar-refractivity contribution in [2.45, 2.75) is 25.5 Å². The van der Waals surface area contributed by atoms with E-state index < -0.39 is 4.92 Å². The number of nitrogens with one attached hydrogen (secondary N) is 1. The molecular weight excluding hydrogens is 432 g/mol. The number of non-ortho nitro benzene ring substituents is 1. The first-order chi connectivity index (χ1) is 15.4. The van der Waals surface area contributed by atoms with Crippen molar-refractivity contribution in [3.05, 3.63) is 64.2 Å². The van der Waals surface area contributed by atoms with Gasteiger partial charge >= 0.3 is 0 Å². The first-order valence-electron chi connectivity index (χ1n) is 9.71. The quantitative estimate of drug-likeness (QED) is 0.227. The molecule has 0 bridgehead atoms. The Kier molecular flexibility index (Phi) is 7.55. The normalized spacial score (nSPS) is 11.3. The summed E-state index contributed by atoms with van der Waals surface area (Å²) in [4.78, 5) is 22.7. The maximum absolute atomic E-state index is 12.3. The predicted molar refractivity (Wildman–Crippen MR) is 122 cm³/mol. The number of nitrogens with zero attached hydrogens (tertiary/aromatic N) is 5. The van der Waals surface area contributed by atoms with Crippen molar-refractivity contribution in [1.29, 1.82) is 0 Å². The molecule has 1 aromatic heterocycles. The molecule has 11 heteroatoms. The van der Waals surface area contributed by atoms with Gasteiger partial charge in [-0.1, -0.05) is 23.9 Å². The smallest absolute Gasteiger partial charge is 0.270 e. The summed E-state index contributed by atoms with van der Waals surface area (Å²) >= 11 is 1.25. The largest absolute Gasteiger partial charge is 0.497 e. The van der Waals surface area contributed by atoms with Gasteiger partial charge in [-0.25, -0.2) is 5.43 Å². The monoisotopic (exact) mass is 454 g/mol. The zero-order valence-corrected chi connectivity index (χ0v) is 18.6. The second-order valence-corrected chi connectivity index (χ2v) is 7.55. The lowest BCUT2D eigenvalue weighted by molar-refractivity contribution is -0.384. The molecule has 1 heterocycles. The molecule has 0 unspecified atom stereocenters. The zero-order valence-electron chi connectivity index (χ0n) is 17.8. The number of nitro benzene ring substituents is 1. The van der Waals surface area contributed by atoms with E-state index in [1.807, 2.05) is 35.8 Å². The van der Waals surface area contributed by atoms with Gasteiger partial charge in [0.25, 0.3) is 11.6 Å². The standard InChI is InChI=1S/C21H22N6O4S/c1-4-26-20(15-8-10-18(31-3)11-9-15)24-25-21(26)32-13-19(28)23-22-14(2)16-6-5-7-17(12-16)27(29)30/h5-12H,4,13H2,1-3H3,(H,23,28)/b22-14-. The first kappa shape index (κ1) is 22.9. The Hall–Kier alpha value is -3.73. The minimum Gasteiger partial charge on any atom is -0.497 e. The highest BCUT2D eigenvalue weighted by molar-refractivity contribution is 7.99. The number of aromatic nitrogens is 3. The van der Waals surface area contributed by atoms with Gasteiger partial charge in [-0.15, -0.1) is 10.2 Å². The second-order valence-electron chi connectivity index (χ2n) is 6.61. The van der Waals surface area contributed by atoms with E-state index in [9.17, 15) is 14.9 Å². The lowest BCUT2D eigenvalue weighted by atomic mass is 10.1. The van der Waals surface area contributed by atoms with Crippen LogP contribution in [-0.2, 0) is 11.3 Å². The highest BCUT2D eigenvalue weighted by atomic mass is 32.2. The Labute approximate surface area is 188 Å². The van der Waals surface area contributed by atoms with Crippen LogP contribution in [-0.4, -0.2) is 44.2 Å². The Morgan fingerprint density at radius 3 is 2.66 bits per heavy atom. The van der Waals surface area contributed by atoms with Crippen molar-refractivity contribution in [3.63, 3.8) is 0 Å². The lowest BCUT2D eigenvalue weighted by Crippen LogP contribution is -2.21. The van der Waals surface area contributed by atoms with Crippen LogP contribution < -0.4 is 10.2 Å². The summed E-state index contributed by atoms with van der Waals surface area (Å²) in [7, 11) is 1.61. The number of benzene rings is 2. The molecule has 0 spiro atoms. The van der Waals surface area contributed by atoms with Crippen molar-refractivity contribution in [1.82, 2.24) is 20.2 Å². The van der Waals surface area contributed by atoms with Crippen LogP contribution in [0.1, 0.15) is 19.4 Å². The van der Waals surface area contributed by atoms with Gasteiger partial charge in [0, 0.05) is 29.8 Å². The van der Waals surface area contributed by atoms with E-state index in [0.717, 1.165) is 11.3 Å². The molecule has 2 aromatic carbocycles. The molecule has 1 amide bonds. The Morgan fingerprint density at radius 2 is 2.00 bits per heavy atom. The van der Waals surface area contributed by atoms with Gasteiger partial charge in [0.1, 0.15) is 5.75 Å². The molecule has 0 aliphatic rings. The number of thioether (sulfide) groups is 1. The van der Waals surface area contributed by atoms with Crippen molar-refractivity contribution >= 4 is 29.1 Å². The number of carbonyl (C=O) groups is 1. The zero-order chi connectivity index (χ0) is 23.1. The molecule has 3 aromatic rings. The van der Waals surface area contributed by atoms with Crippen LogP contribution in [0.2, 0.25) is 0 Å². The van der Waals surface area contributed by atoms with Crippen molar-refractivity contribution in [3.8, 4) is 17.1 Å². The average Bonchev–Trinajstić information content (AvgIpc) is 3.24. The highest BCUT2D eigenvalue weighted by Gasteiger charge is 2.15. The number of ether oxygens (including phenoxy) is 1. The molecule has 0 atom stereocenters. The van der Waals surface area contributed by atoms with E-state index >= 15 is 0 Å². The van der Waals surface area contributed by atoms with Gasteiger partial charge in [-0.05, 0) is 38.1 Å². The van der Waals surface area contributed by atoms with E-state index in [-0.39, 0.29) is 17.3 Å². The molecule has 10 nitrogen and oxygen atoms in total. The minimum atomic E-state index is -0.476. The molecular formula is C21H22N6O4S. The number of nitro groups is 1. The van der Waals surface area contributed by atoms with Gasteiger partial charge in [-0.3, -0.25) is 14.9 Å². The molecule has 0 aliphatic heterocycles.